The SMILES string of the molecule is CCOC(=O)C(C(=O)OCC)N1CCC(C2C=CC3=CCCN=C3N2)CC1. The van der Waals surface area contributed by atoms with E-state index in [1.807, 2.05) is 4.90 Å². The number of piperidine rings is 1. The second-order valence-electron chi connectivity index (χ2n) is 6.99. The van der Waals surface area contributed by atoms with Crippen molar-refractivity contribution < 1.29 is 19.1 Å². The molecule has 27 heavy (non-hydrogen) atoms. The van der Waals surface area contributed by atoms with Crippen molar-refractivity contribution in [1.82, 2.24) is 10.2 Å². The quantitative estimate of drug-likeness (QED) is 0.559. The highest BCUT2D eigenvalue weighted by Crippen LogP contribution is 2.26. The van der Waals surface area contributed by atoms with Gasteiger partial charge in [-0.3, -0.25) is 9.89 Å². The zero-order chi connectivity index (χ0) is 19.2. The van der Waals surface area contributed by atoms with Crippen molar-refractivity contribution in [2.45, 2.75) is 45.2 Å². The van der Waals surface area contributed by atoms with Gasteiger partial charge in [0.2, 0.25) is 6.04 Å². The van der Waals surface area contributed by atoms with Crippen molar-refractivity contribution in [3.8, 4) is 0 Å². The first-order chi connectivity index (χ1) is 13.1. The number of esters is 2. The molecule has 3 aliphatic heterocycles. The molecule has 0 spiro atoms. The van der Waals surface area contributed by atoms with Crippen LogP contribution in [0.3, 0.4) is 0 Å². The molecular weight excluding hydrogens is 346 g/mol. The van der Waals surface area contributed by atoms with Crippen LogP contribution >= 0.6 is 0 Å². The number of rotatable bonds is 6. The van der Waals surface area contributed by atoms with Gasteiger partial charge in [0.05, 0.1) is 13.2 Å². The smallest absolute Gasteiger partial charge is 0.335 e. The number of hydrogen-bond acceptors (Lipinski definition) is 7. The zero-order valence-corrected chi connectivity index (χ0v) is 16.1. The third-order valence-electron chi connectivity index (χ3n) is 5.29. The largest absolute Gasteiger partial charge is 0.464 e. The van der Waals surface area contributed by atoms with E-state index in [0.29, 0.717) is 19.0 Å². The standard InChI is InChI=1S/C20H29N3O4/c1-3-26-19(24)17(20(25)27-4-2)23-12-9-14(10-13-23)16-8-7-15-6-5-11-21-18(15)22-16/h6-8,14,16-17H,3-5,9-13H2,1-2H3,(H,21,22). The van der Waals surface area contributed by atoms with Gasteiger partial charge in [-0.1, -0.05) is 18.2 Å². The van der Waals surface area contributed by atoms with Gasteiger partial charge < -0.3 is 14.8 Å². The van der Waals surface area contributed by atoms with E-state index in [9.17, 15) is 9.59 Å². The van der Waals surface area contributed by atoms with Crippen LogP contribution in [-0.4, -0.2) is 67.6 Å². The van der Waals surface area contributed by atoms with Crippen molar-refractivity contribution >= 4 is 17.8 Å². The lowest BCUT2D eigenvalue weighted by Gasteiger charge is -2.39. The van der Waals surface area contributed by atoms with E-state index in [4.69, 9.17) is 9.47 Å². The van der Waals surface area contributed by atoms with Gasteiger partial charge in [-0.25, -0.2) is 9.59 Å². The Morgan fingerprint density at radius 2 is 1.89 bits per heavy atom. The molecule has 3 aliphatic rings. The molecular formula is C20H29N3O4. The van der Waals surface area contributed by atoms with Gasteiger partial charge in [-0.15, -0.1) is 0 Å². The molecule has 0 saturated carbocycles. The molecule has 1 unspecified atom stereocenters. The topological polar surface area (TPSA) is 80.2 Å². The first-order valence-electron chi connectivity index (χ1n) is 9.91. The summed E-state index contributed by atoms with van der Waals surface area (Å²) >= 11 is 0. The fraction of sp³-hybridized carbons (Fsp3) is 0.650. The van der Waals surface area contributed by atoms with E-state index >= 15 is 0 Å². The number of carbonyl (C=O) groups excluding carboxylic acids is 2. The Morgan fingerprint density at radius 1 is 1.22 bits per heavy atom. The van der Waals surface area contributed by atoms with Gasteiger partial charge in [-0.2, -0.15) is 0 Å². The number of amidine groups is 1. The number of nitrogens with one attached hydrogen (secondary N) is 1. The highest BCUT2D eigenvalue weighted by Gasteiger charge is 2.39. The minimum atomic E-state index is -0.960. The molecule has 148 valence electrons. The van der Waals surface area contributed by atoms with E-state index in [0.717, 1.165) is 31.6 Å². The van der Waals surface area contributed by atoms with Crippen LogP contribution in [0.1, 0.15) is 33.1 Å². The average Bonchev–Trinajstić information content (AvgIpc) is 2.69. The second kappa shape index (κ2) is 9.17. The zero-order valence-electron chi connectivity index (χ0n) is 16.1. The van der Waals surface area contributed by atoms with Crippen LogP contribution in [0.5, 0.6) is 0 Å². The Labute approximate surface area is 160 Å². The summed E-state index contributed by atoms with van der Waals surface area (Å²) in [7, 11) is 0. The number of ether oxygens (including phenoxy) is 2. The molecule has 1 N–H and O–H groups in total. The normalized spacial score (nSPS) is 23.1. The lowest BCUT2D eigenvalue weighted by Crippen LogP contribution is -2.53. The van der Waals surface area contributed by atoms with Crippen LogP contribution < -0.4 is 5.32 Å². The van der Waals surface area contributed by atoms with Crippen molar-refractivity contribution in [3.63, 3.8) is 0 Å². The fourth-order valence-electron chi connectivity index (χ4n) is 3.92. The first kappa shape index (κ1) is 19.6. The summed E-state index contributed by atoms with van der Waals surface area (Å²) < 4.78 is 10.2. The first-order valence-corrected chi connectivity index (χ1v) is 9.91. The van der Waals surface area contributed by atoms with Crippen LogP contribution in [0.4, 0.5) is 0 Å². The van der Waals surface area contributed by atoms with E-state index in [1.165, 1.54) is 5.57 Å². The van der Waals surface area contributed by atoms with Crippen LogP contribution in [0.15, 0.2) is 28.8 Å². The maximum absolute atomic E-state index is 12.3. The molecule has 0 amide bonds. The molecule has 3 rings (SSSR count). The molecule has 0 aromatic rings. The number of fused-ring (bicyclic) bond motifs is 1. The molecule has 0 aliphatic carbocycles. The molecule has 0 bridgehead atoms. The molecule has 0 aromatic heterocycles. The molecule has 1 atom stereocenters. The monoisotopic (exact) mass is 375 g/mol. The maximum Gasteiger partial charge on any atom is 0.335 e. The van der Waals surface area contributed by atoms with Crippen LogP contribution in [-0.2, 0) is 19.1 Å². The van der Waals surface area contributed by atoms with Crippen LogP contribution in [0.2, 0.25) is 0 Å². The lowest BCUT2D eigenvalue weighted by atomic mass is 9.86. The van der Waals surface area contributed by atoms with Crippen molar-refractivity contribution in [3.05, 3.63) is 23.8 Å². The summed E-state index contributed by atoms with van der Waals surface area (Å²) in [6.45, 7) is 6.14. The molecule has 7 heteroatoms. The average molecular weight is 375 g/mol. The third kappa shape index (κ3) is 4.58. The third-order valence-corrected chi connectivity index (χ3v) is 5.29. The summed E-state index contributed by atoms with van der Waals surface area (Å²) in [5, 5.41) is 3.55. The fourth-order valence-corrected chi connectivity index (χ4v) is 3.92. The van der Waals surface area contributed by atoms with E-state index in [-0.39, 0.29) is 19.3 Å². The van der Waals surface area contributed by atoms with Crippen molar-refractivity contribution in [2.24, 2.45) is 10.9 Å². The summed E-state index contributed by atoms with van der Waals surface area (Å²) in [5.41, 5.74) is 1.18. The Balaban J connectivity index is 1.61. The minimum Gasteiger partial charge on any atom is -0.464 e. The van der Waals surface area contributed by atoms with Crippen molar-refractivity contribution in [2.75, 3.05) is 32.8 Å². The Hall–Kier alpha value is -2.15. The molecule has 1 saturated heterocycles. The van der Waals surface area contributed by atoms with E-state index < -0.39 is 18.0 Å². The maximum atomic E-state index is 12.3. The van der Waals surface area contributed by atoms with Crippen molar-refractivity contribution in [1.29, 1.82) is 0 Å². The van der Waals surface area contributed by atoms with Gasteiger partial charge in [-0.05, 0) is 52.1 Å². The predicted molar refractivity (Wildman–Crippen MR) is 102 cm³/mol. The number of carbonyl (C=O) groups is 2. The summed E-state index contributed by atoms with van der Waals surface area (Å²) in [6.07, 6.45) is 9.37. The minimum absolute atomic E-state index is 0.241. The van der Waals surface area contributed by atoms with Crippen LogP contribution in [0.25, 0.3) is 0 Å². The van der Waals surface area contributed by atoms with Crippen LogP contribution in [0, 0.1) is 5.92 Å². The van der Waals surface area contributed by atoms with Gasteiger partial charge in [0, 0.05) is 18.2 Å². The summed E-state index contributed by atoms with van der Waals surface area (Å²) in [6, 6.07) is -0.720. The Bertz CT molecular complexity index is 630. The highest BCUT2D eigenvalue weighted by molar-refractivity contribution is 6.02. The summed E-state index contributed by atoms with van der Waals surface area (Å²) in [4.78, 5) is 31.1. The molecule has 7 nitrogen and oxygen atoms in total. The number of nitrogens with zero attached hydrogens (tertiary/aromatic N) is 2. The molecule has 0 aromatic carbocycles. The molecule has 3 heterocycles. The second-order valence-corrected chi connectivity index (χ2v) is 6.99. The van der Waals surface area contributed by atoms with Gasteiger partial charge >= 0.3 is 11.9 Å². The Kier molecular flexibility index (Phi) is 6.66. The number of hydrogen-bond donors (Lipinski definition) is 1. The molecule has 1 fully saturated rings. The van der Waals surface area contributed by atoms with E-state index in [1.54, 1.807) is 13.8 Å². The highest BCUT2D eigenvalue weighted by atomic mass is 16.6. The van der Waals surface area contributed by atoms with Gasteiger partial charge in [0.15, 0.2) is 0 Å². The lowest BCUT2D eigenvalue weighted by molar-refractivity contribution is -0.164. The van der Waals surface area contributed by atoms with E-state index in [2.05, 4.69) is 28.5 Å². The molecule has 0 radical (unpaired) electrons. The van der Waals surface area contributed by atoms with Gasteiger partial charge in [0.25, 0.3) is 0 Å². The number of dihydropyridines is 1. The Morgan fingerprint density at radius 3 is 2.52 bits per heavy atom. The number of likely N-dealkylation sites (tertiary alicyclic amines) is 1. The van der Waals surface area contributed by atoms with Gasteiger partial charge in [0.1, 0.15) is 5.84 Å². The predicted octanol–water partition coefficient (Wildman–Crippen LogP) is 1.45. The number of aliphatic imine (C=N–C) groups is 1. The summed E-state index contributed by atoms with van der Waals surface area (Å²) in [5.74, 6) is 0.397.